The Kier molecular flexibility index (Phi) is 6.89. The van der Waals surface area contributed by atoms with Crippen molar-refractivity contribution in [3.63, 3.8) is 0 Å². The number of thioether (sulfide) groups is 1. The topological polar surface area (TPSA) is 83.2 Å². The van der Waals surface area contributed by atoms with Gasteiger partial charge in [-0.05, 0) is 24.3 Å². The minimum Gasteiger partial charge on any atom is -0.396 e. The molecular formula is C11H17F3N4OS. The van der Waals surface area contributed by atoms with E-state index in [0.717, 1.165) is 17.9 Å². The summed E-state index contributed by atoms with van der Waals surface area (Å²) in [6, 6.07) is 1.79. The highest BCUT2D eigenvalue weighted by molar-refractivity contribution is 7.99. The van der Waals surface area contributed by atoms with Crippen LogP contribution in [0.15, 0.2) is 12.1 Å². The van der Waals surface area contributed by atoms with Crippen molar-refractivity contribution in [1.29, 1.82) is 0 Å². The Hall–Kier alpha value is -1.19. The lowest BCUT2D eigenvalue weighted by atomic mass is 10.2. The van der Waals surface area contributed by atoms with Crippen molar-refractivity contribution >= 4 is 23.4 Å². The molecule has 0 amide bonds. The number of alkyl halides is 3. The summed E-state index contributed by atoms with van der Waals surface area (Å²) in [5.74, 6) is 6.70. The SMILES string of the molecule is NNc1cc(C(F)(F)F)cc(NCCSCCCO)n1. The van der Waals surface area contributed by atoms with E-state index in [2.05, 4.69) is 15.7 Å². The van der Waals surface area contributed by atoms with Gasteiger partial charge in [0.1, 0.15) is 11.6 Å². The smallest absolute Gasteiger partial charge is 0.396 e. The van der Waals surface area contributed by atoms with Gasteiger partial charge in [-0.3, -0.25) is 0 Å². The molecule has 114 valence electrons. The first kappa shape index (κ1) is 16.9. The molecule has 0 aliphatic carbocycles. The lowest BCUT2D eigenvalue weighted by Gasteiger charge is -2.12. The fraction of sp³-hybridized carbons (Fsp3) is 0.545. The zero-order valence-electron chi connectivity index (χ0n) is 10.7. The monoisotopic (exact) mass is 310 g/mol. The molecule has 0 radical (unpaired) electrons. The summed E-state index contributed by atoms with van der Waals surface area (Å²) in [6.07, 6.45) is -3.74. The summed E-state index contributed by atoms with van der Waals surface area (Å²) >= 11 is 1.60. The van der Waals surface area contributed by atoms with E-state index in [0.29, 0.717) is 18.7 Å². The van der Waals surface area contributed by atoms with Gasteiger partial charge in [-0.15, -0.1) is 0 Å². The predicted octanol–water partition coefficient (Wildman–Crippen LogP) is 1.91. The second kappa shape index (κ2) is 8.18. The van der Waals surface area contributed by atoms with E-state index < -0.39 is 11.7 Å². The van der Waals surface area contributed by atoms with E-state index in [4.69, 9.17) is 10.9 Å². The summed E-state index contributed by atoms with van der Waals surface area (Å²) in [7, 11) is 0. The number of aliphatic hydroxyl groups excluding tert-OH is 1. The fourth-order valence-corrected chi connectivity index (χ4v) is 2.16. The van der Waals surface area contributed by atoms with E-state index in [1.54, 1.807) is 11.8 Å². The summed E-state index contributed by atoms with van der Waals surface area (Å²) in [5.41, 5.74) is 1.30. The van der Waals surface area contributed by atoms with Gasteiger partial charge in [0.15, 0.2) is 0 Å². The molecule has 0 saturated carbocycles. The molecule has 0 atom stereocenters. The molecule has 5 N–H and O–H groups in total. The number of hydrogen-bond acceptors (Lipinski definition) is 6. The Morgan fingerprint density at radius 2 is 1.95 bits per heavy atom. The van der Waals surface area contributed by atoms with Crippen LogP contribution in [-0.2, 0) is 6.18 Å². The second-order valence-electron chi connectivity index (χ2n) is 3.88. The third-order valence-corrected chi connectivity index (χ3v) is 3.37. The van der Waals surface area contributed by atoms with Crippen molar-refractivity contribution in [3.8, 4) is 0 Å². The Balaban J connectivity index is 2.56. The number of nitrogens with zero attached hydrogens (tertiary/aromatic N) is 1. The van der Waals surface area contributed by atoms with Crippen LogP contribution in [-0.4, -0.2) is 34.7 Å². The average molecular weight is 310 g/mol. The van der Waals surface area contributed by atoms with Gasteiger partial charge in [0.25, 0.3) is 0 Å². The number of nitrogens with one attached hydrogen (secondary N) is 2. The predicted molar refractivity (Wildman–Crippen MR) is 74.6 cm³/mol. The molecule has 0 spiro atoms. The van der Waals surface area contributed by atoms with Gasteiger partial charge in [-0.1, -0.05) is 0 Å². The lowest BCUT2D eigenvalue weighted by molar-refractivity contribution is -0.137. The second-order valence-corrected chi connectivity index (χ2v) is 5.11. The van der Waals surface area contributed by atoms with Crippen molar-refractivity contribution in [1.82, 2.24) is 4.98 Å². The maximum Gasteiger partial charge on any atom is 0.416 e. The number of nitrogens with two attached hydrogens (primary N) is 1. The molecular weight excluding hydrogens is 293 g/mol. The fourth-order valence-electron chi connectivity index (χ4n) is 1.38. The number of aromatic nitrogens is 1. The van der Waals surface area contributed by atoms with Crippen molar-refractivity contribution in [2.24, 2.45) is 5.84 Å². The molecule has 1 rings (SSSR count). The molecule has 20 heavy (non-hydrogen) atoms. The maximum atomic E-state index is 12.7. The van der Waals surface area contributed by atoms with Crippen LogP contribution in [0.2, 0.25) is 0 Å². The Labute approximate surface area is 119 Å². The molecule has 0 bridgehead atoms. The number of hydrazine groups is 1. The van der Waals surface area contributed by atoms with Crippen molar-refractivity contribution < 1.29 is 18.3 Å². The van der Waals surface area contributed by atoms with Crippen molar-refractivity contribution in [2.75, 3.05) is 35.4 Å². The summed E-state index contributed by atoms with van der Waals surface area (Å²) in [6.45, 7) is 0.621. The maximum absolute atomic E-state index is 12.7. The summed E-state index contributed by atoms with van der Waals surface area (Å²) in [5, 5.41) is 11.4. The number of pyridine rings is 1. The highest BCUT2D eigenvalue weighted by Crippen LogP contribution is 2.31. The van der Waals surface area contributed by atoms with E-state index in [9.17, 15) is 13.2 Å². The number of rotatable bonds is 8. The van der Waals surface area contributed by atoms with Gasteiger partial charge in [-0.2, -0.15) is 24.9 Å². The van der Waals surface area contributed by atoms with Crippen LogP contribution in [0.3, 0.4) is 0 Å². The largest absolute Gasteiger partial charge is 0.416 e. The van der Waals surface area contributed by atoms with Crippen molar-refractivity contribution in [2.45, 2.75) is 12.6 Å². The van der Waals surface area contributed by atoms with Crippen LogP contribution in [0.1, 0.15) is 12.0 Å². The van der Waals surface area contributed by atoms with Crippen molar-refractivity contribution in [3.05, 3.63) is 17.7 Å². The van der Waals surface area contributed by atoms with E-state index in [1.165, 1.54) is 0 Å². The van der Waals surface area contributed by atoms with E-state index in [1.807, 2.05) is 0 Å². The molecule has 9 heteroatoms. The summed E-state index contributed by atoms with van der Waals surface area (Å²) in [4.78, 5) is 3.90. The van der Waals surface area contributed by atoms with Crippen LogP contribution >= 0.6 is 11.8 Å². The Morgan fingerprint density at radius 1 is 1.25 bits per heavy atom. The molecule has 1 aromatic heterocycles. The first-order valence-electron chi connectivity index (χ1n) is 5.95. The molecule has 5 nitrogen and oxygen atoms in total. The molecule has 0 unspecified atom stereocenters. The standard InChI is InChI=1S/C11H17F3N4OS/c12-11(13,14)8-6-9(17-10(7-8)18-15)16-2-5-20-4-1-3-19/h6-7,19H,1-5,15H2,(H2,16,17,18). The molecule has 1 aromatic rings. The van der Waals surface area contributed by atoms with Crippen LogP contribution in [0.25, 0.3) is 0 Å². The number of halogens is 3. The van der Waals surface area contributed by atoms with Gasteiger partial charge in [-0.25, -0.2) is 10.8 Å². The van der Waals surface area contributed by atoms with Gasteiger partial charge in [0.2, 0.25) is 0 Å². The van der Waals surface area contributed by atoms with Crippen LogP contribution in [0, 0.1) is 0 Å². The minimum absolute atomic E-state index is 0.0461. The number of hydrogen-bond donors (Lipinski definition) is 4. The quantitative estimate of drug-likeness (QED) is 0.333. The number of anilines is 2. The van der Waals surface area contributed by atoms with E-state index in [-0.39, 0.29) is 18.2 Å². The summed E-state index contributed by atoms with van der Waals surface area (Å²) < 4.78 is 38.0. The van der Waals surface area contributed by atoms with Gasteiger partial charge >= 0.3 is 6.18 Å². The average Bonchev–Trinajstić information content (AvgIpc) is 2.41. The lowest BCUT2D eigenvalue weighted by Crippen LogP contribution is -2.14. The minimum atomic E-state index is -4.44. The molecule has 0 aromatic carbocycles. The van der Waals surface area contributed by atoms with Gasteiger partial charge < -0.3 is 15.8 Å². The third-order valence-electron chi connectivity index (χ3n) is 2.30. The molecule has 1 heterocycles. The highest BCUT2D eigenvalue weighted by atomic mass is 32.2. The Morgan fingerprint density at radius 3 is 2.55 bits per heavy atom. The highest BCUT2D eigenvalue weighted by Gasteiger charge is 2.31. The number of aliphatic hydroxyl groups is 1. The van der Waals surface area contributed by atoms with Crippen LogP contribution in [0.5, 0.6) is 0 Å². The van der Waals surface area contributed by atoms with E-state index >= 15 is 0 Å². The Bertz CT molecular complexity index is 417. The van der Waals surface area contributed by atoms with Gasteiger partial charge in [0.05, 0.1) is 5.56 Å². The normalized spacial score (nSPS) is 11.4. The van der Waals surface area contributed by atoms with Crippen LogP contribution in [0.4, 0.5) is 24.8 Å². The first-order chi connectivity index (χ1) is 9.47. The first-order valence-corrected chi connectivity index (χ1v) is 7.11. The zero-order valence-corrected chi connectivity index (χ0v) is 11.5. The molecule has 0 saturated heterocycles. The molecule has 0 aliphatic heterocycles. The van der Waals surface area contributed by atoms with Gasteiger partial charge in [0, 0.05) is 18.9 Å². The third kappa shape index (κ3) is 5.85. The molecule has 0 aliphatic rings. The van der Waals surface area contributed by atoms with Crippen LogP contribution < -0.4 is 16.6 Å². The number of nitrogen functional groups attached to an aromatic ring is 1. The zero-order chi connectivity index (χ0) is 15.0. The molecule has 0 fully saturated rings.